The lowest BCUT2D eigenvalue weighted by Crippen LogP contribution is -2.46. The molecular weight excluding hydrogens is 262 g/mol. The van der Waals surface area contributed by atoms with Crippen molar-refractivity contribution in [1.29, 1.82) is 0 Å². The van der Waals surface area contributed by atoms with E-state index in [9.17, 15) is 4.79 Å². The van der Waals surface area contributed by atoms with Gasteiger partial charge in [0.1, 0.15) is 0 Å². The van der Waals surface area contributed by atoms with Gasteiger partial charge >= 0.3 is 0 Å². The average Bonchev–Trinajstić information content (AvgIpc) is 2.47. The molecule has 20 heavy (non-hydrogen) atoms. The zero-order valence-electron chi connectivity index (χ0n) is 11.7. The number of methoxy groups -OCH3 is 2. The lowest BCUT2D eigenvalue weighted by molar-refractivity contribution is -0.117. The molecule has 1 fully saturated rings. The van der Waals surface area contributed by atoms with Gasteiger partial charge in [-0.1, -0.05) is 0 Å². The topological polar surface area (TPSA) is 88.6 Å². The Hall–Kier alpha value is -1.93. The van der Waals surface area contributed by atoms with Gasteiger partial charge < -0.3 is 14.8 Å². The van der Waals surface area contributed by atoms with E-state index in [1.54, 1.807) is 6.07 Å². The fourth-order valence-corrected chi connectivity index (χ4v) is 1.91. The van der Waals surface area contributed by atoms with E-state index in [2.05, 4.69) is 25.5 Å². The largest absolute Gasteiger partial charge is 0.481 e. The minimum absolute atomic E-state index is 0.151. The number of piperazine rings is 1. The summed E-state index contributed by atoms with van der Waals surface area (Å²) in [5.41, 5.74) is 0. The van der Waals surface area contributed by atoms with Crippen LogP contribution in [0.15, 0.2) is 6.07 Å². The van der Waals surface area contributed by atoms with Gasteiger partial charge in [-0.2, -0.15) is 9.97 Å². The van der Waals surface area contributed by atoms with E-state index in [-0.39, 0.29) is 11.9 Å². The van der Waals surface area contributed by atoms with Crippen molar-refractivity contribution in [2.75, 3.05) is 52.3 Å². The van der Waals surface area contributed by atoms with Gasteiger partial charge in [-0.15, -0.1) is 0 Å². The third-order valence-corrected chi connectivity index (χ3v) is 2.93. The van der Waals surface area contributed by atoms with Crippen LogP contribution in [0.3, 0.4) is 0 Å². The van der Waals surface area contributed by atoms with E-state index in [1.165, 1.54) is 14.2 Å². The molecule has 0 unspecified atom stereocenters. The lowest BCUT2D eigenvalue weighted by atomic mass is 10.3. The highest BCUT2D eigenvalue weighted by atomic mass is 16.5. The highest BCUT2D eigenvalue weighted by Gasteiger charge is 2.15. The molecule has 0 aromatic carbocycles. The molecule has 8 nitrogen and oxygen atoms in total. The van der Waals surface area contributed by atoms with Crippen molar-refractivity contribution in [2.24, 2.45) is 0 Å². The molecule has 2 heterocycles. The Labute approximate surface area is 117 Å². The third-order valence-electron chi connectivity index (χ3n) is 2.93. The standard InChI is InChI=1S/C12H19N5O3/c1-19-10-7-11(20-2)16-12(15-10)14-9(18)8-17-5-3-13-4-6-17/h7,13H,3-6,8H2,1-2H3,(H,14,15,16,18). The fourth-order valence-electron chi connectivity index (χ4n) is 1.91. The van der Waals surface area contributed by atoms with E-state index < -0.39 is 0 Å². The van der Waals surface area contributed by atoms with Crippen LogP contribution in [0.1, 0.15) is 0 Å². The Kier molecular flexibility index (Phi) is 5.08. The van der Waals surface area contributed by atoms with Crippen molar-refractivity contribution in [2.45, 2.75) is 0 Å². The van der Waals surface area contributed by atoms with E-state index in [4.69, 9.17) is 9.47 Å². The van der Waals surface area contributed by atoms with Crippen LogP contribution in [0, 0.1) is 0 Å². The number of rotatable bonds is 5. The molecule has 0 radical (unpaired) electrons. The van der Waals surface area contributed by atoms with Gasteiger partial charge in [0, 0.05) is 26.2 Å². The SMILES string of the molecule is COc1cc(OC)nc(NC(=O)CN2CCNCC2)n1. The van der Waals surface area contributed by atoms with Crippen molar-refractivity contribution < 1.29 is 14.3 Å². The first-order valence-corrected chi connectivity index (χ1v) is 6.41. The molecule has 0 atom stereocenters. The summed E-state index contributed by atoms with van der Waals surface area (Å²) in [7, 11) is 2.99. The maximum absolute atomic E-state index is 11.9. The Morgan fingerprint density at radius 1 is 1.30 bits per heavy atom. The van der Waals surface area contributed by atoms with Gasteiger partial charge in [0.2, 0.25) is 23.6 Å². The number of aromatic nitrogens is 2. The molecule has 1 aromatic rings. The highest BCUT2D eigenvalue weighted by molar-refractivity contribution is 5.90. The summed E-state index contributed by atoms with van der Waals surface area (Å²) in [6, 6.07) is 1.55. The smallest absolute Gasteiger partial charge is 0.240 e. The third kappa shape index (κ3) is 4.04. The van der Waals surface area contributed by atoms with Crippen molar-refractivity contribution in [3.05, 3.63) is 6.07 Å². The Morgan fingerprint density at radius 2 is 1.90 bits per heavy atom. The number of carbonyl (C=O) groups is 1. The Balaban J connectivity index is 1.95. The summed E-state index contributed by atoms with van der Waals surface area (Å²) in [6.45, 7) is 3.84. The monoisotopic (exact) mass is 281 g/mol. The van der Waals surface area contributed by atoms with Crippen molar-refractivity contribution in [3.8, 4) is 11.8 Å². The summed E-state index contributed by atoms with van der Waals surface area (Å²) in [5, 5.41) is 5.89. The second-order valence-electron chi connectivity index (χ2n) is 4.35. The molecule has 0 spiro atoms. The number of ether oxygens (including phenoxy) is 2. The predicted molar refractivity (Wildman–Crippen MR) is 73.1 cm³/mol. The predicted octanol–water partition coefficient (Wildman–Crippen LogP) is -0.662. The molecule has 8 heteroatoms. The summed E-state index contributed by atoms with van der Waals surface area (Å²) in [6.07, 6.45) is 0. The van der Waals surface area contributed by atoms with E-state index >= 15 is 0 Å². The van der Waals surface area contributed by atoms with Gasteiger partial charge in [-0.05, 0) is 0 Å². The van der Waals surface area contributed by atoms with Crippen molar-refractivity contribution in [1.82, 2.24) is 20.2 Å². The summed E-state index contributed by atoms with van der Waals surface area (Å²) < 4.78 is 10.1. The molecule has 0 aliphatic carbocycles. The first-order valence-electron chi connectivity index (χ1n) is 6.41. The molecule has 2 N–H and O–H groups in total. The molecule has 1 saturated heterocycles. The normalized spacial score (nSPS) is 15.7. The van der Waals surface area contributed by atoms with Crippen molar-refractivity contribution >= 4 is 11.9 Å². The average molecular weight is 281 g/mol. The second kappa shape index (κ2) is 7.01. The van der Waals surface area contributed by atoms with Crippen LogP contribution in [-0.4, -0.2) is 67.7 Å². The van der Waals surface area contributed by atoms with Crippen LogP contribution >= 0.6 is 0 Å². The fraction of sp³-hybridized carbons (Fsp3) is 0.583. The Morgan fingerprint density at radius 3 is 2.45 bits per heavy atom. The van der Waals surface area contributed by atoms with E-state index in [1.807, 2.05) is 0 Å². The van der Waals surface area contributed by atoms with Crippen LogP contribution in [0.5, 0.6) is 11.8 Å². The molecule has 2 rings (SSSR count). The van der Waals surface area contributed by atoms with E-state index in [0.29, 0.717) is 18.3 Å². The first kappa shape index (κ1) is 14.5. The van der Waals surface area contributed by atoms with Gasteiger partial charge in [-0.3, -0.25) is 15.0 Å². The molecule has 1 amide bonds. The van der Waals surface area contributed by atoms with Gasteiger partial charge in [0.25, 0.3) is 0 Å². The number of carbonyl (C=O) groups excluding carboxylic acids is 1. The van der Waals surface area contributed by atoms with Crippen LogP contribution in [0.2, 0.25) is 0 Å². The molecule has 1 aliphatic heterocycles. The molecular formula is C12H19N5O3. The molecule has 110 valence electrons. The quantitative estimate of drug-likeness (QED) is 0.740. The lowest BCUT2D eigenvalue weighted by Gasteiger charge is -2.26. The van der Waals surface area contributed by atoms with E-state index in [0.717, 1.165) is 26.2 Å². The maximum Gasteiger partial charge on any atom is 0.240 e. The van der Waals surface area contributed by atoms with Crippen molar-refractivity contribution in [3.63, 3.8) is 0 Å². The summed E-state index contributed by atoms with van der Waals surface area (Å²) >= 11 is 0. The first-order chi connectivity index (χ1) is 9.71. The van der Waals surface area contributed by atoms with Gasteiger partial charge in [0.05, 0.1) is 26.8 Å². The molecule has 0 saturated carbocycles. The number of nitrogens with zero attached hydrogens (tertiary/aromatic N) is 3. The number of hydrogen-bond donors (Lipinski definition) is 2. The number of amides is 1. The highest BCUT2D eigenvalue weighted by Crippen LogP contribution is 2.17. The minimum Gasteiger partial charge on any atom is -0.481 e. The van der Waals surface area contributed by atoms with Crippen LogP contribution in [0.25, 0.3) is 0 Å². The number of nitrogens with one attached hydrogen (secondary N) is 2. The Bertz CT molecular complexity index is 440. The zero-order chi connectivity index (χ0) is 14.4. The summed E-state index contributed by atoms with van der Waals surface area (Å²) in [5.74, 6) is 0.715. The van der Waals surface area contributed by atoms with Crippen LogP contribution < -0.4 is 20.1 Å². The summed E-state index contributed by atoms with van der Waals surface area (Å²) in [4.78, 5) is 22.1. The van der Waals surface area contributed by atoms with Gasteiger partial charge in [0.15, 0.2) is 0 Å². The van der Waals surface area contributed by atoms with Crippen LogP contribution in [-0.2, 0) is 4.79 Å². The zero-order valence-corrected chi connectivity index (χ0v) is 11.7. The minimum atomic E-state index is -0.151. The molecule has 0 bridgehead atoms. The van der Waals surface area contributed by atoms with Crippen LogP contribution in [0.4, 0.5) is 5.95 Å². The molecule has 1 aliphatic rings. The number of hydrogen-bond acceptors (Lipinski definition) is 7. The maximum atomic E-state index is 11.9. The second-order valence-corrected chi connectivity index (χ2v) is 4.35. The van der Waals surface area contributed by atoms with Gasteiger partial charge in [-0.25, -0.2) is 0 Å². The number of anilines is 1. The molecule has 1 aromatic heterocycles.